The number of rotatable bonds is 11. The number of cyclic esters (lactones) is 1. The largest absolute Gasteiger partial charge is 0.460 e. The molecule has 1 N–H and O–H groups in total. The van der Waals surface area contributed by atoms with Gasteiger partial charge in [0.05, 0.1) is 24.9 Å². The summed E-state index contributed by atoms with van der Waals surface area (Å²) >= 11 is 0. The van der Waals surface area contributed by atoms with E-state index in [4.69, 9.17) is 14.2 Å². The minimum Gasteiger partial charge on any atom is -0.460 e. The predicted octanol–water partition coefficient (Wildman–Crippen LogP) is 3.93. The number of hydrogen-bond donors (Lipinski definition) is 1. The third-order valence-electron chi connectivity index (χ3n) is 5.41. The maximum absolute atomic E-state index is 11.2. The molecule has 0 unspecified atom stereocenters. The Morgan fingerprint density at radius 1 is 1.11 bits per heavy atom. The lowest BCUT2D eigenvalue weighted by molar-refractivity contribution is -0.148. The van der Waals surface area contributed by atoms with E-state index in [-0.39, 0.29) is 24.3 Å². The van der Waals surface area contributed by atoms with Crippen molar-refractivity contribution in [3.63, 3.8) is 0 Å². The van der Waals surface area contributed by atoms with Crippen molar-refractivity contribution in [2.75, 3.05) is 6.61 Å². The van der Waals surface area contributed by atoms with Crippen molar-refractivity contribution in [3.05, 3.63) is 48.0 Å². The first kappa shape index (κ1) is 21.0. The summed E-state index contributed by atoms with van der Waals surface area (Å²) in [5, 5.41) is 10.4. The van der Waals surface area contributed by atoms with Crippen LogP contribution in [0.5, 0.6) is 0 Å². The number of allylic oxidation sites excluding steroid dienone is 2. The first-order chi connectivity index (χ1) is 13.7. The van der Waals surface area contributed by atoms with E-state index in [0.717, 1.165) is 45.1 Å². The van der Waals surface area contributed by atoms with Crippen LogP contribution < -0.4 is 0 Å². The highest BCUT2D eigenvalue weighted by Crippen LogP contribution is 2.31. The van der Waals surface area contributed by atoms with Gasteiger partial charge in [0.2, 0.25) is 0 Å². The number of carbonyl (C=O) groups is 1. The summed E-state index contributed by atoms with van der Waals surface area (Å²) in [5.74, 6) is -0.131. The highest BCUT2D eigenvalue weighted by Gasteiger charge is 2.39. The van der Waals surface area contributed by atoms with Gasteiger partial charge in [-0.15, -0.1) is 0 Å². The van der Waals surface area contributed by atoms with Gasteiger partial charge in [0.25, 0.3) is 0 Å². The molecular formula is C23H32O5. The second-order valence-electron chi connectivity index (χ2n) is 7.65. The molecule has 154 valence electrons. The Morgan fingerprint density at radius 2 is 1.93 bits per heavy atom. The molecule has 0 bridgehead atoms. The van der Waals surface area contributed by atoms with Crippen LogP contribution in [0.2, 0.25) is 0 Å². The van der Waals surface area contributed by atoms with Crippen LogP contribution in [0.15, 0.2) is 42.5 Å². The van der Waals surface area contributed by atoms with E-state index in [2.05, 4.69) is 24.3 Å². The molecular weight excluding hydrogens is 356 g/mol. The highest BCUT2D eigenvalue weighted by molar-refractivity contribution is 5.71. The number of aliphatic hydroxyl groups excluding tert-OH is 1. The van der Waals surface area contributed by atoms with Crippen molar-refractivity contribution in [2.24, 2.45) is 0 Å². The molecule has 0 spiro atoms. The molecule has 0 amide bonds. The summed E-state index contributed by atoms with van der Waals surface area (Å²) in [5.41, 5.74) is 1.20. The zero-order chi connectivity index (χ0) is 19.6. The SMILES string of the molecule is O=C1CC[C@@H]([C@@H]2CC[C@@H]([C@@H](O)CC/C=C/CCCOCc3ccccc3)O2)O1. The third-order valence-corrected chi connectivity index (χ3v) is 5.41. The molecule has 2 aliphatic rings. The molecule has 2 saturated heterocycles. The van der Waals surface area contributed by atoms with Gasteiger partial charge in [-0.05, 0) is 50.5 Å². The summed E-state index contributed by atoms with van der Waals surface area (Å²) in [7, 11) is 0. The van der Waals surface area contributed by atoms with Crippen molar-refractivity contribution in [1.29, 1.82) is 0 Å². The molecule has 5 heteroatoms. The number of ether oxygens (including phenoxy) is 3. The van der Waals surface area contributed by atoms with Crippen LogP contribution in [0, 0.1) is 0 Å². The maximum atomic E-state index is 11.2. The second-order valence-corrected chi connectivity index (χ2v) is 7.65. The lowest BCUT2D eigenvalue weighted by atomic mass is 10.0. The zero-order valence-corrected chi connectivity index (χ0v) is 16.5. The summed E-state index contributed by atoms with van der Waals surface area (Å²) < 4.78 is 16.9. The molecule has 3 rings (SSSR count). The summed E-state index contributed by atoms with van der Waals surface area (Å²) in [6.07, 6.45) is 9.99. The van der Waals surface area contributed by atoms with Gasteiger partial charge in [-0.1, -0.05) is 42.5 Å². The van der Waals surface area contributed by atoms with Crippen LogP contribution in [0.3, 0.4) is 0 Å². The van der Waals surface area contributed by atoms with Crippen molar-refractivity contribution in [1.82, 2.24) is 0 Å². The minimum absolute atomic E-state index is 0.0440. The van der Waals surface area contributed by atoms with Crippen molar-refractivity contribution < 1.29 is 24.1 Å². The van der Waals surface area contributed by atoms with Crippen molar-refractivity contribution >= 4 is 5.97 Å². The monoisotopic (exact) mass is 388 g/mol. The third kappa shape index (κ3) is 6.73. The van der Waals surface area contributed by atoms with Crippen LogP contribution in [-0.2, 0) is 25.6 Å². The Bertz CT molecular complexity index is 615. The predicted molar refractivity (Wildman–Crippen MR) is 107 cm³/mol. The van der Waals surface area contributed by atoms with Gasteiger partial charge in [0.15, 0.2) is 0 Å². The Labute approximate surface area is 167 Å². The fourth-order valence-corrected chi connectivity index (χ4v) is 3.81. The Balaban J connectivity index is 1.20. The normalized spacial score (nSPS) is 26.0. The molecule has 1 aromatic carbocycles. The van der Waals surface area contributed by atoms with E-state index < -0.39 is 6.10 Å². The van der Waals surface area contributed by atoms with Crippen LogP contribution in [0.1, 0.15) is 56.9 Å². The molecule has 4 atom stereocenters. The quantitative estimate of drug-likeness (QED) is 0.353. The molecule has 0 saturated carbocycles. The molecule has 2 heterocycles. The number of benzene rings is 1. The van der Waals surface area contributed by atoms with Gasteiger partial charge in [-0.25, -0.2) is 0 Å². The van der Waals surface area contributed by atoms with E-state index in [9.17, 15) is 9.90 Å². The summed E-state index contributed by atoms with van der Waals surface area (Å²) in [4.78, 5) is 11.2. The Kier molecular flexibility index (Phi) is 8.52. The minimum atomic E-state index is -0.457. The molecule has 2 fully saturated rings. The van der Waals surface area contributed by atoms with Crippen molar-refractivity contribution in [3.8, 4) is 0 Å². The van der Waals surface area contributed by atoms with Crippen LogP contribution >= 0.6 is 0 Å². The van der Waals surface area contributed by atoms with E-state index in [1.807, 2.05) is 18.2 Å². The van der Waals surface area contributed by atoms with Crippen LogP contribution in [0.4, 0.5) is 0 Å². The molecule has 28 heavy (non-hydrogen) atoms. The number of carbonyl (C=O) groups excluding carboxylic acids is 1. The average molecular weight is 389 g/mol. The molecule has 0 aromatic heterocycles. The van der Waals surface area contributed by atoms with E-state index in [1.165, 1.54) is 5.56 Å². The van der Waals surface area contributed by atoms with Gasteiger partial charge in [-0.3, -0.25) is 4.79 Å². The zero-order valence-electron chi connectivity index (χ0n) is 16.5. The fourth-order valence-electron chi connectivity index (χ4n) is 3.81. The topological polar surface area (TPSA) is 65.0 Å². The standard InChI is InChI=1S/C23H32O5/c24-19(20-12-13-21(27-20)22-14-15-23(25)28-22)11-7-2-1-3-8-16-26-17-18-9-5-4-6-10-18/h1-2,4-6,9-10,19-22,24H,3,7-8,11-17H2/b2-1+/t19-,20-,21-,22-/m0/s1. The number of aliphatic hydroxyl groups is 1. The van der Waals surface area contributed by atoms with E-state index >= 15 is 0 Å². The molecule has 0 aliphatic carbocycles. The highest BCUT2D eigenvalue weighted by atomic mass is 16.6. The average Bonchev–Trinajstić information content (AvgIpc) is 3.36. The summed E-state index contributed by atoms with van der Waals surface area (Å²) in [6.45, 7) is 1.42. The number of hydrogen-bond acceptors (Lipinski definition) is 5. The molecule has 1 aromatic rings. The molecule has 0 radical (unpaired) electrons. The van der Waals surface area contributed by atoms with Crippen LogP contribution in [-0.4, -0.2) is 42.1 Å². The number of unbranched alkanes of at least 4 members (excludes halogenated alkanes) is 1. The van der Waals surface area contributed by atoms with Crippen molar-refractivity contribution in [2.45, 2.75) is 82.4 Å². The molecule has 2 aliphatic heterocycles. The van der Waals surface area contributed by atoms with Gasteiger partial charge >= 0.3 is 5.97 Å². The van der Waals surface area contributed by atoms with Gasteiger partial charge < -0.3 is 19.3 Å². The first-order valence-corrected chi connectivity index (χ1v) is 10.5. The van der Waals surface area contributed by atoms with E-state index in [0.29, 0.717) is 19.4 Å². The van der Waals surface area contributed by atoms with Crippen LogP contribution in [0.25, 0.3) is 0 Å². The Morgan fingerprint density at radius 3 is 2.71 bits per heavy atom. The van der Waals surface area contributed by atoms with Gasteiger partial charge in [0, 0.05) is 13.0 Å². The number of esters is 1. The lowest BCUT2D eigenvalue weighted by Gasteiger charge is -2.21. The van der Waals surface area contributed by atoms with Gasteiger partial charge in [-0.2, -0.15) is 0 Å². The Hall–Kier alpha value is -1.69. The smallest absolute Gasteiger partial charge is 0.306 e. The van der Waals surface area contributed by atoms with E-state index in [1.54, 1.807) is 0 Å². The second kappa shape index (κ2) is 11.3. The fraction of sp³-hybridized carbons (Fsp3) is 0.609. The van der Waals surface area contributed by atoms with Gasteiger partial charge in [0.1, 0.15) is 6.10 Å². The molecule has 5 nitrogen and oxygen atoms in total. The summed E-state index contributed by atoms with van der Waals surface area (Å²) in [6, 6.07) is 10.2. The maximum Gasteiger partial charge on any atom is 0.306 e. The lowest BCUT2D eigenvalue weighted by Crippen LogP contribution is -2.30. The first-order valence-electron chi connectivity index (χ1n) is 10.5.